The van der Waals surface area contributed by atoms with Gasteiger partial charge in [-0.2, -0.15) is 0 Å². The van der Waals surface area contributed by atoms with Crippen LogP contribution in [0.5, 0.6) is 5.75 Å². The Balaban J connectivity index is 2.19. The first-order valence-corrected chi connectivity index (χ1v) is 7.27. The molecule has 0 spiro atoms. The van der Waals surface area contributed by atoms with Gasteiger partial charge in [0.05, 0.1) is 12.0 Å². The Labute approximate surface area is 122 Å². The van der Waals surface area contributed by atoms with E-state index in [1.54, 1.807) is 12.0 Å². The summed E-state index contributed by atoms with van der Waals surface area (Å²) in [7, 11) is 1.63. The van der Waals surface area contributed by atoms with E-state index < -0.39 is 0 Å². The maximum Gasteiger partial charge on any atom is 0.266 e. The molecule has 0 saturated carbocycles. The minimum atomic E-state index is 0.00710. The first-order chi connectivity index (χ1) is 9.15. The van der Waals surface area contributed by atoms with Crippen LogP contribution in [0.3, 0.4) is 0 Å². The Morgan fingerprint density at radius 2 is 2.05 bits per heavy atom. The summed E-state index contributed by atoms with van der Waals surface area (Å²) >= 11 is 6.59. The molecule has 1 heterocycles. The molecular formula is C14H15NO2S2. The Hall–Kier alpha value is -1.33. The number of amides is 1. The topological polar surface area (TPSA) is 29.5 Å². The van der Waals surface area contributed by atoms with Gasteiger partial charge in [-0.3, -0.25) is 9.69 Å². The third-order valence-electron chi connectivity index (χ3n) is 2.73. The zero-order valence-electron chi connectivity index (χ0n) is 10.9. The van der Waals surface area contributed by atoms with E-state index in [0.717, 1.165) is 17.7 Å². The van der Waals surface area contributed by atoms with Gasteiger partial charge < -0.3 is 4.74 Å². The molecule has 1 fully saturated rings. The lowest BCUT2D eigenvalue weighted by Crippen LogP contribution is -2.28. The normalized spacial score (nSPS) is 17.4. The SMILES string of the molecule is CCCN1C(=O)C(=Cc2ccc(OC)cc2)SC1=S. The van der Waals surface area contributed by atoms with E-state index in [-0.39, 0.29) is 5.91 Å². The maximum absolute atomic E-state index is 12.2. The van der Waals surface area contributed by atoms with Crippen LogP contribution in [-0.2, 0) is 4.79 Å². The van der Waals surface area contributed by atoms with Crippen LogP contribution in [0, 0.1) is 0 Å². The summed E-state index contributed by atoms with van der Waals surface area (Å²) in [6.07, 6.45) is 2.77. The van der Waals surface area contributed by atoms with Crippen molar-refractivity contribution in [1.29, 1.82) is 0 Å². The molecule has 19 heavy (non-hydrogen) atoms. The van der Waals surface area contributed by atoms with Crippen molar-refractivity contribution in [3.8, 4) is 5.75 Å². The number of benzene rings is 1. The minimum Gasteiger partial charge on any atom is -0.497 e. The van der Waals surface area contributed by atoms with E-state index >= 15 is 0 Å². The first kappa shape index (κ1) is 14.1. The molecule has 1 aromatic carbocycles. The summed E-state index contributed by atoms with van der Waals surface area (Å²) in [5.41, 5.74) is 0.970. The molecule has 1 amide bonds. The Morgan fingerprint density at radius 3 is 2.63 bits per heavy atom. The summed E-state index contributed by atoms with van der Waals surface area (Å²) in [4.78, 5) is 14.5. The molecule has 1 aromatic rings. The zero-order valence-corrected chi connectivity index (χ0v) is 12.5. The van der Waals surface area contributed by atoms with Gasteiger partial charge in [-0.1, -0.05) is 43.0 Å². The standard InChI is InChI=1S/C14H15NO2S2/c1-3-8-15-13(16)12(19-14(15)18)9-10-4-6-11(17-2)7-5-10/h4-7,9H,3,8H2,1-2H3. The van der Waals surface area contributed by atoms with Crippen LogP contribution in [0.15, 0.2) is 29.2 Å². The molecule has 0 aromatic heterocycles. The van der Waals surface area contributed by atoms with Gasteiger partial charge in [-0.15, -0.1) is 0 Å². The smallest absolute Gasteiger partial charge is 0.266 e. The predicted octanol–water partition coefficient (Wildman–Crippen LogP) is 3.31. The molecule has 0 unspecified atom stereocenters. The molecule has 2 rings (SSSR count). The van der Waals surface area contributed by atoms with Crippen LogP contribution in [0.4, 0.5) is 0 Å². The van der Waals surface area contributed by atoms with Gasteiger partial charge in [0.25, 0.3) is 5.91 Å². The lowest BCUT2D eigenvalue weighted by molar-refractivity contribution is -0.122. The number of thioether (sulfide) groups is 1. The van der Waals surface area contributed by atoms with Crippen LogP contribution < -0.4 is 4.74 Å². The number of carbonyl (C=O) groups excluding carboxylic acids is 1. The Kier molecular flexibility index (Phi) is 4.61. The van der Waals surface area contributed by atoms with E-state index in [1.165, 1.54) is 11.8 Å². The van der Waals surface area contributed by atoms with Crippen molar-refractivity contribution in [1.82, 2.24) is 4.90 Å². The number of hydrogen-bond donors (Lipinski definition) is 0. The fourth-order valence-electron chi connectivity index (χ4n) is 1.77. The number of ether oxygens (including phenoxy) is 1. The van der Waals surface area contributed by atoms with Crippen LogP contribution in [0.1, 0.15) is 18.9 Å². The fraction of sp³-hybridized carbons (Fsp3) is 0.286. The van der Waals surface area contributed by atoms with Crippen molar-refractivity contribution < 1.29 is 9.53 Å². The Morgan fingerprint density at radius 1 is 1.37 bits per heavy atom. The molecular weight excluding hydrogens is 278 g/mol. The fourth-order valence-corrected chi connectivity index (χ4v) is 3.08. The van der Waals surface area contributed by atoms with Gasteiger partial charge in [0.2, 0.25) is 0 Å². The summed E-state index contributed by atoms with van der Waals surface area (Å²) in [6, 6.07) is 7.59. The van der Waals surface area contributed by atoms with E-state index in [9.17, 15) is 4.79 Å². The highest BCUT2D eigenvalue weighted by Crippen LogP contribution is 2.32. The molecule has 0 radical (unpaired) electrons. The highest BCUT2D eigenvalue weighted by atomic mass is 32.2. The maximum atomic E-state index is 12.2. The number of rotatable bonds is 4. The van der Waals surface area contributed by atoms with Crippen molar-refractivity contribution in [2.45, 2.75) is 13.3 Å². The number of hydrogen-bond acceptors (Lipinski definition) is 4. The van der Waals surface area contributed by atoms with Gasteiger partial charge in [-0.05, 0) is 30.2 Å². The molecule has 0 N–H and O–H groups in total. The first-order valence-electron chi connectivity index (χ1n) is 6.05. The Bertz CT molecular complexity index is 523. The van der Waals surface area contributed by atoms with Gasteiger partial charge in [-0.25, -0.2) is 0 Å². The van der Waals surface area contributed by atoms with Gasteiger partial charge in [0.15, 0.2) is 0 Å². The molecule has 5 heteroatoms. The average molecular weight is 293 g/mol. The minimum absolute atomic E-state index is 0.00710. The molecule has 3 nitrogen and oxygen atoms in total. The van der Waals surface area contributed by atoms with E-state index in [0.29, 0.717) is 15.8 Å². The highest BCUT2D eigenvalue weighted by Gasteiger charge is 2.30. The zero-order chi connectivity index (χ0) is 13.8. The second kappa shape index (κ2) is 6.21. The summed E-state index contributed by atoms with van der Waals surface area (Å²) in [5, 5.41) is 0. The van der Waals surface area contributed by atoms with Crippen molar-refractivity contribution in [2.24, 2.45) is 0 Å². The molecule has 1 aliphatic rings. The summed E-state index contributed by atoms with van der Waals surface area (Å²) < 4.78 is 5.75. The molecule has 0 aliphatic carbocycles. The van der Waals surface area contributed by atoms with Crippen LogP contribution in [-0.4, -0.2) is 28.8 Å². The third kappa shape index (κ3) is 3.16. The number of carbonyl (C=O) groups is 1. The van der Waals surface area contributed by atoms with Gasteiger partial charge in [0.1, 0.15) is 10.1 Å². The second-order valence-electron chi connectivity index (χ2n) is 4.11. The van der Waals surface area contributed by atoms with Crippen LogP contribution in [0.2, 0.25) is 0 Å². The van der Waals surface area contributed by atoms with Crippen molar-refractivity contribution in [3.05, 3.63) is 34.7 Å². The lowest BCUT2D eigenvalue weighted by atomic mass is 10.2. The summed E-state index contributed by atoms with van der Waals surface area (Å²) in [5.74, 6) is 0.809. The number of nitrogens with zero attached hydrogens (tertiary/aromatic N) is 1. The molecule has 1 aliphatic heterocycles. The van der Waals surface area contributed by atoms with Crippen molar-refractivity contribution in [2.75, 3.05) is 13.7 Å². The molecule has 100 valence electrons. The monoisotopic (exact) mass is 293 g/mol. The number of thiocarbonyl (C=S) groups is 1. The molecule has 0 atom stereocenters. The predicted molar refractivity (Wildman–Crippen MR) is 83.2 cm³/mol. The second-order valence-corrected chi connectivity index (χ2v) is 5.78. The molecule has 0 bridgehead atoms. The lowest BCUT2D eigenvalue weighted by Gasteiger charge is -2.11. The molecule has 1 saturated heterocycles. The van der Waals surface area contributed by atoms with Crippen molar-refractivity contribution in [3.63, 3.8) is 0 Å². The van der Waals surface area contributed by atoms with E-state index in [2.05, 4.69) is 0 Å². The highest BCUT2D eigenvalue weighted by molar-refractivity contribution is 8.26. The summed E-state index contributed by atoms with van der Waals surface area (Å²) in [6.45, 7) is 2.72. The van der Waals surface area contributed by atoms with E-state index in [4.69, 9.17) is 17.0 Å². The van der Waals surface area contributed by atoms with E-state index in [1.807, 2.05) is 37.3 Å². The largest absolute Gasteiger partial charge is 0.497 e. The third-order valence-corrected chi connectivity index (χ3v) is 4.11. The number of methoxy groups -OCH3 is 1. The quantitative estimate of drug-likeness (QED) is 0.629. The van der Waals surface area contributed by atoms with Gasteiger partial charge >= 0.3 is 0 Å². The van der Waals surface area contributed by atoms with Gasteiger partial charge in [0, 0.05) is 6.54 Å². The van der Waals surface area contributed by atoms with Crippen molar-refractivity contribution >= 4 is 40.3 Å². The van der Waals surface area contributed by atoms with Crippen LogP contribution >= 0.6 is 24.0 Å². The average Bonchev–Trinajstić information content (AvgIpc) is 2.68. The van der Waals surface area contributed by atoms with Crippen LogP contribution in [0.25, 0.3) is 6.08 Å².